The number of carbonyl (C=O) groups is 1. The van der Waals surface area contributed by atoms with Gasteiger partial charge in [0.15, 0.2) is 11.5 Å². The van der Waals surface area contributed by atoms with Crippen LogP contribution in [-0.2, 0) is 4.79 Å². The van der Waals surface area contributed by atoms with Gasteiger partial charge in [-0.3, -0.25) is 9.80 Å². The van der Waals surface area contributed by atoms with Crippen molar-refractivity contribution < 1.29 is 14.3 Å². The Morgan fingerprint density at radius 2 is 1.79 bits per heavy atom. The molecule has 2 saturated heterocycles. The standard InChI is InChI=1S/C17H25N3O3.ClH/c1-22-15-5-3-12(11-16(15)23-2)14-4-6-17(21)20(19-14)13-7-9-18-10-8-13;/h3,5,11,13-14,18-19H,4,6-10H2,1-2H3;1H. The predicted molar refractivity (Wildman–Crippen MR) is 94.6 cm³/mol. The van der Waals surface area contributed by atoms with E-state index in [9.17, 15) is 4.79 Å². The van der Waals surface area contributed by atoms with E-state index in [1.807, 2.05) is 23.2 Å². The lowest BCUT2D eigenvalue weighted by molar-refractivity contribution is -0.143. The summed E-state index contributed by atoms with van der Waals surface area (Å²) in [5.74, 6) is 1.64. The van der Waals surface area contributed by atoms with E-state index in [0.717, 1.165) is 49.4 Å². The van der Waals surface area contributed by atoms with E-state index in [1.54, 1.807) is 14.2 Å². The first-order valence-electron chi connectivity index (χ1n) is 8.24. The van der Waals surface area contributed by atoms with Crippen molar-refractivity contribution in [3.8, 4) is 11.5 Å². The lowest BCUT2D eigenvalue weighted by Gasteiger charge is -2.40. The number of nitrogens with zero attached hydrogens (tertiary/aromatic N) is 1. The van der Waals surface area contributed by atoms with E-state index in [2.05, 4.69) is 10.7 Å². The molecule has 134 valence electrons. The van der Waals surface area contributed by atoms with Gasteiger partial charge in [0.1, 0.15) is 0 Å². The summed E-state index contributed by atoms with van der Waals surface area (Å²) >= 11 is 0. The number of rotatable bonds is 4. The van der Waals surface area contributed by atoms with Crippen LogP contribution in [0.2, 0.25) is 0 Å². The third-order valence-electron chi connectivity index (χ3n) is 4.69. The van der Waals surface area contributed by atoms with Gasteiger partial charge >= 0.3 is 0 Å². The average Bonchev–Trinajstić information content (AvgIpc) is 2.62. The van der Waals surface area contributed by atoms with E-state index in [0.29, 0.717) is 6.42 Å². The number of amides is 1. The first kappa shape index (κ1) is 18.8. The number of benzene rings is 1. The van der Waals surface area contributed by atoms with Crippen molar-refractivity contribution in [1.29, 1.82) is 0 Å². The number of halogens is 1. The monoisotopic (exact) mass is 355 g/mol. The van der Waals surface area contributed by atoms with Crippen molar-refractivity contribution in [2.45, 2.75) is 37.8 Å². The molecule has 1 atom stereocenters. The Hall–Kier alpha value is -1.50. The van der Waals surface area contributed by atoms with Crippen LogP contribution in [0.4, 0.5) is 0 Å². The molecule has 2 heterocycles. The van der Waals surface area contributed by atoms with E-state index in [4.69, 9.17) is 9.47 Å². The van der Waals surface area contributed by atoms with Gasteiger partial charge in [-0.15, -0.1) is 12.4 Å². The Balaban J connectivity index is 0.00000208. The largest absolute Gasteiger partial charge is 0.493 e. The highest BCUT2D eigenvalue weighted by Gasteiger charge is 2.32. The van der Waals surface area contributed by atoms with Crippen molar-refractivity contribution in [2.24, 2.45) is 0 Å². The van der Waals surface area contributed by atoms with E-state index >= 15 is 0 Å². The maximum atomic E-state index is 12.3. The molecule has 0 radical (unpaired) electrons. The minimum atomic E-state index is 0. The Kier molecular flexibility index (Phi) is 6.71. The summed E-state index contributed by atoms with van der Waals surface area (Å²) in [6, 6.07) is 6.36. The van der Waals surface area contributed by atoms with Crippen LogP contribution < -0.4 is 20.2 Å². The van der Waals surface area contributed by atoms with Gasteiger partial charge in [0, 0.05) is 6.42 Å². The fourth-order valence-electron chi connectivity index (χ4n) is 3.38. The number of ether oxygens (including phenoxy) is 2. The van der Waals surface area contributed by atoms with E-state index in [1.165, 1.54) is 0 Å². The minimum Gasteiger partial charge on any atom is -0.493 e. The summed E-state index contributed by atoms with van der Waals surface area (Å²) in [7, 11) is 3.27. The Morgan fingerprint density at radius 3 is 2.46 bits per heavy atom. The Bertz CT molecular complexity index is 564. The Morgan fingerprint density at radius 1 is 1.08 bits per heavy atom. The van der Waals surface area contributed by atoms with Crippen molar-refractivity contribution in [3.05, 3.63) is 23.8 Å². The molecule has 24 heavy (non-hydrogen) atoms. The predicted octanol–water partition coefficient (Wildman–Crippen LogP) is 2.05. The van der Waals surface area contributed by atoms with Gasteiger partial charge in [-0.25, -0.2) is 5.43 Å². The van der Waals surface area contributed by atoms with Crippen LogP contribution in [0.3, 0.4) is 0 Å². The lowest BCUT2D eigenvalue weighted by atomic mass is 9.98. The van der Waals surface area contributed by atoms with Crippen LogP contribution in [-0.4, -0.2) is 44.3 Å². The highest BCUT2D eigenvalue weighted by atomic mass is 35.5. The second kappa shape index (κ2) is 8.55. The van der Waals surface area contributed by atoms with Crippen LogP contribution in [0.25, 0.3) is 0 Å². The molecule has 2 aliphatic rings. The Labute approximate surface area is 149 Å². The molecule has 1 aromatic carbocycles. The molecule has 2 N–H and O–H groups in total. The smallest absolute Gasteiger partial charge is 0.237 e. The fourth-order valence-corrected chi connectivity index (χ4v) is 3.38. The summed E-state index contributed by atoms with van der Waals surface area (Å²) in [4.78, 5) is 12.3. The number of hydrogen-bond acceptors (Lipinski definition) is 5. The van der Waals surface area contributed by atoms with Crippen LogP contribution in [0, 0.1) is 0 Å². The first-order valence-corrected chi connectivity index (χ1v) is 8.24. The molecule has 1 aromatic rings. The van der Waals surface area contributed by atoms with Gasteiger partial charge in [-0.05, 0) is 50.0 Å². The number of piperidine rings is 1. The molecule has 0 aliphatic carbocycles. The maximum absolute atomic E-state index is 12.3. The number of nitrogens with one attached hydrogen (secondary N) is 2. The minimum absolute atomic E-state index is 0. The highest BCUT2D eigenvalue weighted by molar-refractivity contribution is 5.85. The van der Waals surface area contributed by atoms with Crippen molar-refractivity contribution in [3.63, 3.8) is 0 Å². The van der Waals surface area contributed by atoms with Gasteiger partial charge in [-0.1, -0.05) is 6.07 Å². The molecule has 0 aromatic heterocycles. The van der Waals surface area contributed by atoms with Gasteiger partial charge in [-0.2, -0.15) is 0 Å². The molecule has 0 saturated carbocycles. The average molecular weight is 356 g/mol. The van der Waals surface area contributed by atoms with Crippen molar-refractivity contribution >= 4 is 18.3 Å². The number of hydrazine groups is 1. The zero-order valence-electron chi connectivity index (χ0n) is 14.2. The van der Waals surface area contributed by atoms with Crippen LogP contribution in [0.5, 0.6) is 11.5 Å². The van der Waals surface area contributed by atoms with Gasteiger partial charge in [0.25, 0.3) is 0 Å². The van der Waals surface area contributed by atoms with E-state index in [-0.39, 0.29) is 30.4 Å². The fraction of sp³-hybridized carbons (Fsp3) is 0.588. The number of hydrogen-bond donors (Lipinski definition) is 2. The summed E-state index contributed by atoms with van der Waals surface area (Å²) in [6.45, 7) is 1.94. The first-order chi connectivity index (χ1) is 11.2. The summed E-state index contributed by atoms with van der Waals surface area (Å²) < 4.78 is 10.7. The normalized spacial score (nSPS) is 22.0. The molecule has 2 aliphatic heterocycles. The molecule has 3 rings (SSSR count). The SMILES string of the molecule is COc1ccc(C2CCC(=O)N(C3CCNCC3)N2)cc1OC.Cl. The lowest BCUT2D eigenvalue weighted by Crippen LogP contribution is -2.56. The van der Waals surface area contributed by atoms with Crippen molar-refractivity contribution in [2.75, 3.05) is 27.3 Å². The molecule has 2 fully saturated rings. The highest BCUT2D eigenvalue weighted by Crippen LogP contribution is 2.33. The van der Waals surface area contributed by atoms with Crippen LogP contribution in [0.1, 0.15) is 37.3 Å². The number of carbonyl (C=O) groups excluding carboxylic acids is 1. The molecule has 7 heteroatoms. The molecule has 0 spiro atoms. The van der Waals surface area contributed by atoms with Crippen LogP contribution in [0.15, 0.2) is 18.2 Å². The van der Waals surface area contributed by atoms with Gasteiger partial charge in [0.05, 0.1) is 26.3 Å². The number of methoxy groups -OCH3 is 2. The second-order valence-corrected chi connectivity index (χ2v) is 6.08. The summed E-state index contributed by atoms with van der Waals surface area (Å²) in [5, 5.41) is 5.21. The maximum Gasteiger partial charge on any atom is 0.237 e. The third kappa shape index (κ3) is 3.94. The molecule has 1 unspecified atom stereocenters. The molecule has 0 bridgehead atoms. The quantitative estimate of drug-likeness (QED) is 0.865. The van der Waals surface area contributed by atoms with Crippen LogP contribution >= 0.6 is 12.4 Å². The molecule has 6 nitrogen and oxygen atoms in total. The van der Waals surface area contributed by atoms with E-state index < -0.39 is 0 Å². The molecular formula is C17H26ClN3O3. The van der Waals surface area contributed by atoms with Gasteiger partial charge in [0.2, 0.25) is 5.91 Å². The summed E-state index contributed by atoms with van der Waals surface area (Å²) in [5.41, 5.74) is 4.56. The van der Waals surface area contributed by atoms with Crippen molar-refractivity contribution in [1.82, 2.24) is 15.8 Å². The molecule has 1 amide bonds. The molecular weight excluding hydrogens is 330 g/mol. The van der Waals surface area contributed by atoms with Gasteiger partial charge < -0.3 is 14.8 Å². The topological polar surface area (TPSA) is 62.8 Å². The zero-order chi connectivity index (χ0) is 16.2. The summed E-state index contributed by atoms with van der Waals surface area (Å²) in [6.07, 6.45) is 3.38. The zero-order valence-corrected chi connectivity index (χ0v) is 15.0. The third-order valence-corrected chi connectivity index (χ3v) is 4.69. The second-order valence-electron chi connectivity index (χ2n) is 6.08.